The second-order valence-corrected chi connectivity index (χ2v) is 0.747. The summed E-state index contributed by atoms with van der Waals surface area (Å²) >= 11 is 0. The van der Waals surface area contributed by atoms with Gasteiger partial charge in [-0.1, -0.05) is 4.99 Å². The van der Waals surface area contributed by atoms with Gasteiger partial charge in [0.05, 0.1) is 5.34 Å². The summed E-state index contributed by atoms with van der Waals surface area (Å²) in [5.41, 5.74) is 6.05. The van der Waals surface area contributed by atoms with Crippen LogP contribution in [0.25, 0.3) is 0 Å². The molecule has 0 saturated heterocycles. The maximum atomic E-state index is 7.74. The van der Waals surface area contributed by atoms with Crippen molar-refractivity contribution in [1.82, 2.24) is 5.34 Å². The van der Waals surface area contributed by atoms with E-state index in [2.05, 4.69) is 30.7 Å². The second kappa shape index (κ2) is 5.93. The lowest BCUT2D eigenvalue weighted by molar-refractivity contribution is -0.661. The fourth-order valence-electron chi connectivity index (χ4n) is 0.126. The largest absolute Gasteiger partial charge is 0.224 e. The van der Waals surface area contributed by atoms with Gasteiger partial charge < -0.3 is 0 Å². The molecule has 10 heteroatoms. The van der Waals surface area contributed by atoms with E-state index in [9.17, 15) is 0 Å². The number of nitrogens with zero attached hydrogens (tertiary/aromatic N) is 4. The Morgan fingerprint density at radius 2 is 2.10 bits per heavy atom. The lowest BCUT2D eigenvalue weighted by Crippen LogP contribution is -2.15. The van der Waals surface area contributed by atoms with Gasteiger partial charge in [-0.15, -0.1) is 0 Å². The van der Waals surface area contributed by atoms with Gasteiger partial charge in [-0.05, 0) is 20.5 Å². The molecule has 0 amide bonds. The van der Waals surface area contributed by atoms with Gasteiger partial charge in [0.2, 0.25) is 0 Å². The van der Waals surface area contributed by atoms with Crippen LogP contribution >= 0.6 is 0 Å². The molecule has 58 valence electrons. The Labute approximate surface area is 53.4 Å². The first-order valence-electron chi connectivity index (χ1n) is 1.72. The van der Waals surface area contributed by atoms with Gasteiger partial charge in [0.25, 0.3) is 0 Å². The van der Waals surface area contributed by atoms with Crippen molar-refractivity contribution >= 4 is 0 Å². The van der Waals surface area contributed by atoms with Crippen molar-refractivity contribution in [2.45, 2.75) is 0 Å². The van der Waals surface area contributed by atoms with Crippen LogP contribution < -0.4 is 0 Å². The quantitative estimate of drug-likeness (QED) is 0.296. The minimum absolute atomic E-state index is 0.155. The van der Waals surface area contributed by atoms with E-state index in [1.165, 1.54) is 0 Å². The topological polar surface area (TPSA) is 132 Å². The normalized spacial score (nSPS) is 10.2. The van der Waals surface area contributed by atoms with E-state index in [1.807, 2.05) is 0 Å². The fraction of sp³-hybridized carbons (Fsp3) is 0. The van der Waals surface area contributed by atoms with Gasteiger partial charge in [-0.2, -0.15) is 5.53 Å². The van der Waals surface area contributed by atoms with Gasteiger partial charge in [0, 0.05) is 5.22 Å². The van der Waals surface area contributed by atoms with Gasteiger partial charge >= 0.3 is 0 Å². The zero-order valence-corrected chi connectivity index (χ0v) is 4.41. The maximum Gasteiger partial charge on any atom is 0.0529 e. The Kier molecular flexibility index (Phi) is 5.22. The number of nitrogens with one attached hydrogen (secondary N) is 1. The van der Waals surface area contributed by atoms with E-state index >= 15 is 0 Å². The van der Waals surface area contributed by atoms with E-state index in [0.717, 1.165) is 0 Å². The lowest BCUT2D eigenvalue weighted by atomic mass is 12.4. The molecule has 0 fully saturated rings. The molecule has 0 bridgehead atoms. The molecule has 0 aliphatic carbocycles. The third-order valence-corrected chi connectivity index (χ3v) is 0.325. The van der Waals surface area contributed by atoms with Gasteiger partial charge in [-0.25, -0.2) is 10.5 Å². The molecular formula is H3N5O5. The molecule has 0 rings (SSSR count). The molecule has 0 unspecified atom stereocenters. The highest BCUT2D eigenvalue weighted by Gasteiger charge is 2.00. The van der Waals surface area contributed by atoms with Crippen LogP contribution in [0.15, 0.2) is 15.7 Å². The van der Waals surface area contributed by atoms with E-state index in [-0.39, 0.29) is 5.34 Å². The van der Waals surface area contributed by atoms with Crippen LogP contribution in [0.5, 0.6) is 0 Å². The predicted molar refractivity (Wildman–Crippen MR) is 20.4 cm³/mol. The Morgan fingerprint density at radius 1 is 1.40 bits per heavy atom. The van der Waals surface area contributed by atoms with Crippen LogP contribution in [-0.2, 0) is 15.0 Å². The molecule has 0 heterocycles. The minimum Gasteiger partial charge on any atom is -0.224 e. The molecule has 0 radical (unpaired) electrons. The SMILES string of the molecule is N=N/N=N/N(OO)OOO. The molecular weight excluding hydrogens is 150 g/mol. The summed E-state index contributed by atoms with van der Waals surface area (Å²) in [7, 11) is 0. The summed E-state index contributed by atoms with van der Waals surface area (Å²) in [6, 6.07) is 0. The van der Waals surface area contributed by atoms with Crippen LogP contribution in [-0.4, -0.2) is 15.8 Å². The van der Waals surface area contributed by atoms with Crippen LogP contribution in [0.2, 0.25) is 0 Å². The zero-order chi connectivity index (χ0) is 7.82. The minimum atomic E-state index is -0.155. The molecule has 0 atom stereocenters. The number of rotatable bonds is 5. The van der Waals surface area contributed by atoms with Gasteiger partial charge in [0.1, 0.15) is 0 Å². The van der Waals surface area contributed by atoms with Crippen LogP contribution in [0.1, 0.15) is 0 Å². The third-order valence-electron chi connectivity index (χ3n) is 0.325. The number of hydrogen-bond donors (Lipinski definition) is 3. The summed E-state index contributed by atoms with van der Waals surface area (Å²) in [6.45, 7) is 0. The Balaban J connectivity index is 3.58. The smallest absolute Gasteiger partial charge is 0.0529 e. The van der Waals surface area contributed by atoms with Crippen molar-refractivity contribution in [3.8, 4) is 0 Å². The fourth-order valence-corrected chi connectivity index (χ4v) is 0.126. The van der Waals surface area contributed by atoms with Crippen molar-refractivity contribution in [3.63, 3.8) is 0 Å². The van der Waals surface area contributed by atoms with Gasteiger partial charge in [-0.3, -0.25) is 0 Å². The Morgan fingerprint density at radius 3 is 2.50 bits per heavy atom. The average Bonchev–Trinajstić information content (AvgIpc) is 1.98. The third kappa shape index (κ3) is 3.76. The van der Waals surface area contributed by atoms with Crippen molar-refractivity contribution in [2.75, 3.05) is 0 Å². The summed E-state index contributed by atoms with van der Waals surface area (Å²) < 4.78 is 0. The average molecular weight is 153 g/mol. The van der Waals surface area contributed by atoms with Gasteiger partial charge in [0.15, 0.2) is 0 Å². The van der Waals surface area contributed by atoms with E-state index < -0.39 is 0 Å². The van der Waals surface area contributed by atoms with Crippen molar-refractivity contribution in [1.29, 1.82) is 5.53 Å². The molecule has 0 aromatic rings. The van der Waals surface area contributed by atoms with Crippen LogP contribution in [0.3, 0.4) is 0 Å². The molecule has 0 aliphatic heterocycles. The summed E-state index contributed by atoms with van der Waals surface area (Å²) in [6.07, 6.45) is 0. The molecule has 10 nitrogen and oxygen atoms in total. The first-order chi connectivity index (χ1) is 4.85. The maximum absolute atomic E-state index is 7.74. The second-order valence-electron chi connectivity index (χ2n) is 0.747. The molecule has 0 aliphatic rings. The summed E-state index contributed by atoms with van der Waals surface area (Å²) in [5.74, 6) is 0. The van der Waals surface area contributed by atoms with Crippen molar-refractivity contribution in [3.05, 3.63) is 0 Å². The van der Waals surface area contributed by atoms with Crippen LogP contribution in [0.4, 0.5) is 0 Å². The van der Waals surface area contributed by atoms with E-state index in [0.29, 0.717) is 0 Å². The first-order valence-corrected chi connectivity index (χ1v) is 1.72. The number of hydrogen-bond acceptors (Lipinski definition) is 7. The highest BCUT2D eigenvalue weighted by molar-refractivity contribution is 3.93. The standard InChI is InChI=1S/H3N5O5/c1-2-3-4-5(8-6)9-10-7/h1,6-7H/b2-1?,4-3+. The highest BCUT2D eigenvalue weighted by atomic mass is 17.6. The zero-order valence-electron chi connectivity index (χ0n) is 4.41. The first kappa shape index (κ1) is 8.80. The Hall–Kier alpha value is -1.20. The van der Waals surface area contributed by atoms with E-state index in [1.54, 1.807) is 0 Å². The lowest BCUT2D eigenvalue weighted by Gasteiger charge is -2.02. The van der Waals surface area contributed by atoms with Crippen molar-refractivity contribution in [2.24, 2.45) is 15.7 Å². The molecule has 0 spiro atoms. The summed E-state index contributed by atoms with van der Waals surface area (Å²) in [4.78, 5) is 6.72. The van der Waals surface area contributed by atoms with Crippen molar-refractivity contribution < 1.29 is 25.5 Å². The predicted octanol–water partition coefficient (Wildman–Crippen LogP) is 0.342. The molecule has 0 aromatic carbocycles. The highest BCUT2D eigenvalue weighted by Crippen LogP contribution is 1.91. The van der Waals surface area contributed by atoms with Crippen LogP contribution in [0, 0.1) is 5.53 Å². The van der Waals surface area contributed by atoms with E-state index in [4.69, 9.17) is 16.0 Å². The molecule has 0 saturated carbocycles. The Bertz CT molecular complexity index is 111. The molecule has 0 aromatic heterocycles. The molecule has 3 N–H and O–H groups in total. The monoisotopic (exact) mass is 153 g/mol. The summed E-state index contributed by atoms with van der Waals surface area (Å²) in [5, 5.41) is 25.7. The molecule has 10 heavy (non-hydrogen) atoms.